The number of nitrogens with one attached hydrogen (secondary N) is 1. The van der Waals surface area contributed by atoms with Crippen molar-refractivity contribution in [2.24, 2.45) is 0 Å². The lowest BCUT2D eigenvalue weighted by Gasteiger charge is -2.32. The van der Waals surface area contributed by atoms with E-state index in [0.717, 1.165) is 31.8 Å². The number of carbonyl (C=O) groups excluding carboxylic acids is 1. The van der Waals surface area contributed by atoms with Crippen LogP contribution in [0.3, 0.4) is 0 Å². The van der Waals surface area contributed by atoms with Gasteiger partial charge < -0.3 is 9.80 Å². The number of hydrogen-bond acceptors (Lipinski definition) is 1. The van der Waals surface area contributed by atoms with Crippen molar-refractivity contribution >= 4 is 5.91 Å². The van der Waals surface area contributed by atoms with Crippen molar-refractivity contribution in [2.45, 2.75) is 12.7 Å². The van der Waals surface area contributed by atoms with Gasteiger partial charge in [-0.05, 0) is 24.3 Å². The third kappa shape index (κ3) is 4.39. The van der Waals surface area contributed by atoms with E-state index in [0.29, 0.717) is 18.7 Å². The molecule has 0 bridgehead atoms. The maximum absolute atomic E-state index is 12.6. The van der Waals surface area contributed by atoms with E-state index < -0.39 is 11.7 Å². The molecule has 3 nitrogen and oxygen atoms in total. The van der Waals surface area contributed by atoms with Gasteiger partial charge in [0.15, 0.2) is 0 Å². The number of nitrogens with zero attached hydrogens (tertiary/aromatic N) is 1. The van der Waals surface area contributed by atoms with Crippen LogP contribution in [0.25, 0.3) is 0 Å². The van der Waals surface area contributed by atoms with Gasteiger partial charge in [0.2, 0.25) is 0 Å². The molecule has 25 heavy (non-hydrogen) atoms. The summed E-state index contributed by atoms with van der Waals surface area (Å²) in [6.07, 6.45) is -4.38. The molecule has 1 aliphatic heterocycles. The fraction of sp³-hybridized carbons (Fsp3) is 0.316. The zero-order valence-corrected chi connectivity index (χ0v) is 13.7. The molecule has 0 unspecified atom stereocenters. The molecule has 2 aromatic rings. The van der Waals surface area contributed by atoms with Crippen molar-refractivity contribution in [1.82, 2.24) is 4.90 Å². The lowest BCUT2D eigenvalue weighted by atomic mass is 10.1. The summed E-state index contributed by atoms with van der Waals surface area (Å²) in [7, 11) is 0. The lowest BCUT2D eigenvalue weighted by molar-refractivity contribution is -0.917. The molecule has 3 rings (SSSR count). The minimum absolute atomic E-state index is 0.201. The first-order valence-corrected chi connectivity index (χ1v) is 8.27. The Hall–Kier alpha value is -2.34. The topological polar surface area (TPSA) is 24.8 Å². The van der Waals surface area contributed by atoms with E-state index in [1.54, 1.807) is 4.90 Å². The summed E-state index contributed by atoms with van der Waals surface area (Å²) in [5.41, 5.74) is 0.834. The summed E-state index contributed by atoms with van der Waals surface area (Å²) >= 11 is 0. The van der Waals surface area contributed by atoms with Gasteiger partial charge in [-0.2, -0.15) is 13.2 Å². The van der Waals surface area contributed by atoms with Crippen LogP contribution in [0.2, 0.25) is 0 Å². The molecule has 0 spiro atoms. The van der Waals surface area contributed by atoms with Crippen LogP contribution >= 0.6 is 0 Å². The number of amides is 1. The van der Waals surface area contributed by atoms with Crippen LogP contribution in [-0.4, -0.2) is 37.0 Å². The first kappa shape index (κ1) is 17.5. The SMILES string of the molecule is O=C(c1ccc(C(F)(F)F)cc1)N1CC[NH+](Cc2ccccc2)CC1. The van der Waals surface area contributed by atoms with Gasteiger partial charge in [-0.1, -0.05) is 30.3 Å². The quantitative estimate of drug-likeness (QED) is 0.903. The van der Waals surface area contributed by atoms with E-state index in [2.05, 4.69) is 12.1 Å². The fourth-order valence-corrected chi connectivity index (χ4v) is 3.07. The smallest absolute Gasteiger partial charge is 0.328 e. The molecule has 0 aliphatic carbocycles. The molecule has 132 valence electrons. The Morgan fingerprint density at radius 3 is 2.12 bits per heavy atom. The lowest BCUT2D eigenvalue weighted by Crippen LogP contribution is -3.13. The standard InChI is InChI=1S/C19H19F3N2O/c20-19(21,22)17-8-6-16(7-9-17)18(25)24-12-10-23(11-13-24)14-15-4-2-1-3-5-15/h1-9H,10-14H2/p+1. The minimum atomic E-state index is -4.38. The number of piperazine rings is 1. The van der Waals surface area contributed by atoms with Crippen molar-refractivity contribution in [3.8, 4) is 0 Å². The first-order valence-electron chi connectivity index (χ1n) is 8.27. The third-order valence-corrected chi connectivity index (χ3v) is 4.51. The highest BCUT2D eigenvalue weighted by Crippen LogP contribution is 2.29. The Kier molecular flexibility index (Phi) is 5.08. The highest BCUT2D eigenvalue weighted by Gasteiger charge is 2.31. The van der Waals surface area contributed by atoms with Gasteiger partial charge in [0.05, 0.1) is 31.7 Å². The Balaban J connectivity index is 1.56. The van der Waals surface area contributed by atoms with E-state index >= 15 is 0 Å². The van der Waals surface area contributed by atoms with Crippen LogP contribution in [-0.2, 0) is 12.7 Å². The number of rotatable bonds is 3. The highest BCUT2D eigenvalue weighted by molar-refractivity contribution is 5.94. The molecule has 0 saturated carbocycles. The molecular weight excluding hydrogens is 329 g/mol. The number of benzene rings is 2. The Morgan fingerprint density at radius 2 is 1.56 bits per heavy atom. The largest absolute Gasteiger partial charge is 0.416 e. The molecule has 1 saturated heterocycles. The predicted molar refractivity (Wildman–Crippen MR) is 88.2 cm³/mol. The zero-order valence-electron chi connectivity index (χ0n) is 13.7. The molecule has 1 aliphatic rings. The van der Waals surface area contributed by atoms with Crippen molar-refractivity contribution in [1.29, 1.82) is 0 Å². The van der Waals surface area contributed by atoms with Gasteiger partial charge in [-0.15, -0.1) is 0 Å². The van der Waals surface area contributed by atoms with Crippen LogP contribution in [0.1, 0.15) is 21.5 Å². The van der Waals surface area contributed by atoms with E-state index in [1.807, 2.05) is 18.2 Å². The van der Waals surface area contributed by atoms with Gasteiger partial charge >= 0.3 is 6.18 Å². The van der Waals surface area contributed by atoms with E-state index in [9.17, 15) is 18.0 Å². The van der Waals surface area contributed by atoms with E-state index in [-0.39, 0.29) is 5.91 Å². The second kappa shape index (κ2) is 7.27. The molecule has 0 aromatic heterocycles. The molecule has 0 radical (unpaired) electrons. The number of quaternary nitrogens is 1. The normalized spacial score (nSPS) is 16.0. The Morgan fingerprint density at radius 1 is 0.960 bits per heavy atom. The van der Waals surface area contributed by atoms with Crippen LogP contribution in [0.4, 0.5) is 13.2 Å². The van der Waals surface area contributed by atoms with Crippen LogP contribution in [0.15, 0.2) is 54.6 Å². The predicted octanol–water partition coefficient (Wildman–Crippen LogP) is 2.25. The van der Waals surface area contributed by atoms with Gasteiger partial charge in [-0.3, -0.25) is 4.79 Å². The van der Waals surface area contributed by atoms with Gasteiger partial charge in [0.1, 0.15) is 6.54 Å². The van der Waals surface area contributed by atoms with Gasteiger partial charge in [0.25, 0.3) is 5.91 Å². The molecule has 0 atom stereocenters. The van der Waals surface area contributed by atoms with Crippen molar-refractivity contribution in [3.63, 3.8) is 0 Å². The molecule has 2 aromatic carbocycles. The molecule has 1 amide bonds. The maximum atomic E-state index is 12.6. The van der Waals surface area contributed by atoms with Crippen LogP contribution < -0.4 is 4.90 Å². The van der Waals surface area contributed by atoms with E-state index in [4.69, 9.17) is 0 Å². The number of alkyl halides is 3. The summed E-state index contributed by atoms with van der Waals surface area (Å²) in [5.74, 6) is -0.201. The second-order valence-corrected chi connectivity index (χ2v) is 6.28. The number of carbonyl (C=O) groups is 1. The Labute approximate surface area is 144 Å². The molecule has 1 fully saturated rings. The molecular formula is C19H20F3N2O+. The van der Waals surface area contributed by atoms with E-state index in [1.165, 1.54) is 22.6 Å². The van der Waals surface area contributed by atoms with Crippen molar-refractivity contribution < 1.29 is 22.9 Å². The van der Waals surface area contributed by atoms with Crippen molar-refractivity contribution in [3.05, 3.63) is 71.3 Å². The third-order valence-electron chi connectivity index (χ3n) is 4.51. The summed E-state index contributed by atoms with van der Waals surface area (Å²) < 4.78 is 37.8. The first-order chi connectivity index (χ1) is 11.9. The van der Waals surface area contributed by atoms with Gasteiger partial charge in [-0.25, -0.2) is 0 Å². The molecule has 6 heteroatoms. The Bertz CT molecular complexity index is 706. The van der Waals surface area contributed by atoms with Crippen molar-refractivity contribution in [2.75, 3.05) is 26.2 Å². The summed E-state index contributed by atoms with van der Waals surface area (Å²) in [4.78, 5) is 15.6. The average Bonchev–Trinajstić information content (AvgIpc) is 2.62. The van der Waals surface area contributed by atoms with Gasteiger partial charge in [0, 0.05) is 11.1 Å². The average molecular weight is 349 g/mol. The fourth-order valence-electron chi connectivity index (χ4n) is 3.07. The summed E-state index contributed by atoms with van der Waals surface area (Å²) in [6, 6.07) is 14.6. The number of halogens is 3. The zero-order chi connectivity index (χ0) is 17.9. The maximum Gasteiger partial charge on any atom is 0.416 e. The minimum Gasteiger partial charge on any atom is -0.328 e. The summed E-state index contributed by atoms with van der Waals surface area (Å²) in [5, 5.41) is 0. The summed E-state index contributed by atoms with van der Waals surface area (Å²) in [6.45, 7) is 3.82. The number of hydrogen-bond donors (Lipinski definition) is 1. The van der Waals surface area contributed by atoms with Crippen LogP contribution in [0, 0.1) is 0 Å². The monoisotopic (exact) mass is 349 g/mol. The van der Waals surface area contributed by atoms with Crippen LogP contribution in [0.5, 0.6) is 0 Å². The molecule has 1 N–H and O–H groups in total. The second-order valence-electron chi connectivity index (χ2n) is 6.28. The highest BCUT2D eigenvalue weighted by atomic mass is 19.4. The molecule has 1 heterocycles.